The number of hydrogen-bond donors (Lipinski definition) is 0. The van der Waals surface area contributed by atoms with Gasteiger partial charge >= 0.3 is 0 Å². The standard InChI is InChI=1S/C6H14Si/c1-6(2)7(3,4)5/h1H2,2-5H3. The van der Waals surface area contributed by atoms with Gasteiger partial charge in [-0.2, -0.15) is 0 Å². The molecule has 0 aliphatic heterocycles. The second-order valence-electron chi connectivity index (χ2n) is 3.03. The molecule has 0 aromatic rings. The van der Waals surface area contributed by atoms with E-state index >= 15 is 0 Å². The third kappa shape index (κ3) is 2.63. The van der Waals surface area contributed by atoms with Gasteiger partial charge in [0.2, 0.25) is 0 Å². The average molecular weight is 114 g/mol. The first-order valence-corrected chi connectivity index (χ1v) is 6.10. The van der Waals surface area contributed by atoms with Crippen molar-refractivity contribution in [1.29, 1.82) is 0 Å². The van der Waals surface area contributed by atoms with Gasteiger partial charge in [0.05, 0.1) is 8.07 Å². The van der Waals surface area contributed by atoms with E-state index in [4.69, 9.17) is 0 Å². The Bertz CT molecular complexity index is 76.7. The molecule has 0 unspecified atom stereocenters. The van der Waals surface area contributed by atoms with E-state index in [9.17, 15) is 0 Å². The molecule has 0 saturated carbocycles. The lowest BCUT2D eigenvalue weighted by molar-refractivity contribution is 1.56. The zero-order valence-electron chi connectivity index (χ0n) is 5.71. The van der Waals surface area contributed by atoms with E-state index in [2.05, 4.69) is 33.1 Å². The summed E-state index contributed by atoms with van der Waals surface area (Å²) in [6.45, 7) is 12.9. The van der Waals surface area contributed by atoms with Gasteiger partial charge in [-0.15, -0.1) is 6.58 Å². The van der Waals surface area contributed by atoms with Crippen molar-refractivity contribution in [3.05, 3.63) is 11.8 Å². The van der Waals surface area contributed by atoms with Crippen LogP contribution in [0.15, 0.2) is 11.8 Å². The number of rotatable bonds is 1. The maximum atomic E-state index is 3.89. The Kier molecular flexibility index (Phi) is 1.81. The highest BCUT2D eigenvalue weighted by Gasteiger charge is 2.11. The number of hydrogen-bond acceptors (Lipinski definition) is 0. The van der Waals surface area contributed by atoms with E-state index in [1.54, 1.807) is 0 Å². The van der Waals surface area contributed by atoms with Crippen LogP contribution in [0.25, 0.3) is 0 Å². The predicted octanol–water partition coefficient (Wildman–Crippen LogP) is 2.44. The van der Waals surface area contributed by atoms with Gasteiger partial charge in [0.25, 0.3) is 0 Å². The lowest BCUT2D eigenvalue weighted by Crippen LogP contribution is -2.20. The molecular formula is C6H14Si. The van der Waals surface area contributed by atoms with Gasteiger partial charge in [-0.05, 0) is 6.92 Å². The molecule has 0 aliphatic carbocycles. The summed E-state index contributed by atoms with van der Waals surface area (Å²) in [7, 11) is -0.929. The van der Waals surface area contributed by atoms with Crippen molar-refractivity contribution in [2.75, 3.05) is 0 Å². The van der Waals surface area contributed by atoms with Gasteiger partial charge in [-0.25, -0.2) is 0 Å². The summed E-state index contributed by atoms with van der Waals surface area (Å²) in [6, 6.07) is 0. The Balaban J connectivity index is 3.79. The van der Waals surface area contributed by atoms with Crippen LogP contribution in [0.2, 0.25) is 19.6 Å². The molecule has 0 saturated heterocycles. The molecule has 0 aromatic heterocycles. The molecule has 0 bridgehead atoms. The minimum absolute atomic E-state index is 0.929. The number of allylic oxidation sites excluding steroid dienone is 1. The van der Waals surface area contributed by atoms with Gasteiger partial charge in [0, 0.05) is 0 Å². The van der Waals surface area contributed by atoms with Crippen LogP contribution in [-0.4, -0.2) is 8.07 Å². The average Bonchev–Trinajstić information content (AvgIpc) is 1.31. The highest BCUT2D eigenvalue weighted by Crippen LogP contribution is 2.09. The second kappa shape index (κ2) is 1.82. The van der Waals surface area contributed by atoms with Crippen LogP contribution in [0.3, 0.4) is 0 Å². The van der Waals surface area contributed by atoms with Crippen LogP contribution < -0.4 is 0 Å². The Morgan fingerprint density at radius 2 is 1.43 bits per heavy atom. The quantitative estimate of drug-likeness (QED) is 0.459. The molecular weight excluding hydrogens is 100 g/mol. The van der Waals surface area contributed by atoms with Crippen LogP contribution in [-0.2, 0) is 0 Å². The van der Waals surface area contributed by atoms with Crippen molar-refractivity contribution >= 4 is 8.07 Å². The van der Waals surface area contributed by atoms with E-state index in [-0.39, 0.29) is 0 Å². The molecule has 0 N–H and O–H groups in total. The molecule has 0 fully saturated rings. The minimum atomic E-state index is -0.929. The fraction of sp³-hybridized carbons (Fsp3) is 0.667. The third-order valence-electron chi connectivity index (χ3n) is 1.28. The van der Waals surface area contributed by atoms with Crippen LogP contribution in [0.1, 0.15) is 6.92 Å². The largest absolute Gasteiger partial charge is 0.104 e. The van der Waals surface area contributed by atoms with E-state index < -0.39 is 8.07 Å². The molecule has 0 radical (unpaired) electrons. The predicted molar refractivity (Wildman–Crippen MR) is 38.2 cm³/mol. The molecule has 0 aromatic carbocycles. The summed E-state index contributed by atoms with van der Waals surface area (Å²) >= 11 is 0. The fourth-order valence-electron chi connectivity index (χ4n) is 0. The van der Waals surface area contributed by atoms with Crippen molar-refractivity contribution in [2.24, 2.45) is 0 Å². The van der Waals surface area contributed by atoms with E-state index in [1.165, 1.54) is 5.20 Å². The smallest absolute Gasteiger partial charge is 0.0712 e. The lowest BCUT2D eigenvalue weighted by atomic mass is 10.8. The molecule has 0 nitrogen and oxygen atoms in total. The van der Waals surface area contributed by atoms with Crippen LogP contribution >= 0.6 is 0 Å². The first-order valence-electron chi connectivity index (χ1n) is 2.60. The highest BCUT2D eigenvalue weighted by molar-refractivity contribution is 6.82. The normalized spacial score (nSPS) is 11.4. The van der Waals surface area contributed by atoms with Crippen LogP contribution in [0.4, 0.5) is 0 Å². The Labute approximate surface area is 47.3 Å². The third-order valence-corrected chi connectivity index (χ3v) is 3.84. The van der Waals surface area contributed by atoms with Gasteiger partial charge < -0.3 is 0 Å². The molecule has 0 spiro atoms. The van der Waals surface area contributed by atoms with Gasteiger partial charge in [0.1, 0.15) is 0 Å². The second-order valence-corrected chi connectivity index (χ2v) is 8.38. The topological polar surface area (TPSA) is 0 Å². The Hall–Kier alpha value is -0.0431. The zero-order valence-corrected chi connectivity index (χ0v) is 6.71. The first-order chi connectivity index (χ1) is 2.94. The lowest BCUT2D eigenvalue weighted by Gasteiger charge is -2.13. The van der Waals surface area contributed by atoms with Gasteiger partial charge in [0.15, 0.2) is 0 Å². The molecule has 0 amide bonds. The minimum Gasteiger partial charge on any atom is -0.104 e. The highest BCUT2D eigenvalue weighted by atomic mass is 28.3. The Morgan fingerprint density at radius 1 is 1.29 bits per heavy atom. The maximum absolute atomic E-state index is 3.89. The maximum Gasteiger partial charge on any atom is 0.0712 e. The van der Waals surface area contributed by atoms with Gasteiger partial charge in [-0.1, -0.05) is 24.8 Å². The fourth-order valence-corrected chi connectivity index (χ4v) is 0. The van der Waals surface area contributed by atoms with E-state index in [0.29, 0.717) is 0 Å². The van der Waals surface area contributed by atoms with Crippen molar-refractivity contribution in [3.63, 3.8) is 0 Å². The van der Waals surface area contributed by atoms with Crippen LogP contribution in [0.5, 0.6) is 0 Å². The van der Waals surface area contributed by atoms with Crippen molar-refractivity contribution in [1.82, 2.24) is 0 Å². The molecule has 0 heterocycles. The molecule has 0 rings (SSSR count). The Morgan fingerprint density at radius 3 is 1.43 bits per heavy atom. The van der Waals surface area contributed by atoms with E-state index in [0.717, 1.165) is 0 Å². The molecule has 0 aliphatic rings. The van der Waals surface area contributed by atoms with E-state index in [1.807, 2.05) is 0 Å². The molecule has 42 valence electrons. The van der Waals surface area contributed by atoms with Crippen molar-refractivity contribution in [3.8, 4) is 0 Å². The molecule has 1 heteroatoms. The summed E-state index contributed by atoms with van der Waals surface area (Å²) in [5.41, 5.74) is 0. The summed E-state index contributed by atoms with van der Waals surface area (Å²) in [5.74, 6) is 0. The first kappa shape index (κ1) is 6.96. The van der Waals surface area contributed by atoms with Crippen molar-refractivity contribution in [2.45, 2.75) is 26.6 Å². The summed E-state index contributed by atoms with van der Waals surface area (Å²) < 4.78 is 0. The molecule has 7 heavy (non-hydrogen) atoms. The van der Waals surface area contributed by atoms with Gasteiger partial charge in [-0.3, -0.25) is 0 Å². The summed E-state index contributed by atoms with van der Waals surface area (Å²) in [6.07, 6.45) is 0. The summed E-state index contributed by atoms with van der Waals surface area (Å²) in [4.78, 5) is 0. The molecule has 0 atom stereocenters. The van der Waals surface area contributed by atoms with Crippen molar-refractivity contribution < 1.29 is 0 Å². The zero-order chi connectivity index (χ0) is 6.08. The monoisotopic (exact) mass is 114 g/mol. The van der Waals surface area contributed by atoms with Crippen LogP contribution in [0, 0.1) is 0 Å². The summed E-state index contributed by atoms with van der Waals surface area (Å²) in [5, 5.41) is 1.38. The SMILES string of the molecule is C=C(C)[Si](C)(C)C.